The summed E-state index contributed by atoms with van der Waals surface area (Å²) in [5, 5.41) is 6.68. The maximum absolute atomic E-state index is 12.4. The first-order valence-corrected chi connectivity index (χ1v) is 8.06. The van der Waals surface area contributed by atoms with E-state index >= 15 is 0 Å². The minimum atomic E-state index is 0.0680. The molecule has 4 nitrogen and oxygen atoms in total. The van der Waals surface area contributed by atoms with Gasteiger partial charge in [0.25, 0.3) is 0 Å². The highest BCUT2D eigenvalue weighted by Gasteiger charge is 2.33. The number of likely N-dealkylation sites (tertiary alicyclic amines) is 1. The molecular formula is C14H21N3OS. The first-order valence-electron chi connectivity index (χ1n) is 7.18. The molecule has 1 saturated heterocycles. The van der Waals surface area contributed by atoms with E-state index in [1.807, 2.05) is 11.8 Å². The van der Waals surface area contributed by atoms with Crippen molar-refractivity contribution in [2.24, 2.45) is 0 Å². The van der Waals surface area contributed by atoms with Gasteiger partial charge in [0, 0.05) is 30.9 Å². The van der Waals surface area contributed by atoms with Gasteiger partial charge in [-0.1, -0.05) is 0 Å². The predicted molar refractivity (Wildman–Crippen MR) is 76.3 cm³/mol. The highest BCUT2D eigenvalue weighted by molar-refractivity contribution is 7.09. The van der Waals surface area contributed by atoms with Crippen LogP contribution in [-0.2, 0) is 11.2 Å². The lowest BCUT2D eigenvalue weighted by Gasteiger charge is -2.32. The van der Waals surface area contributed by atoms with Crippen LogP contribution in [0.25, 0.3) is 0 Å². The van der Waals surface area contributed by atoms with Crippen molar-refractivity contribution >= 4 is 17.2 Å². The van der Waals surface area contributed by atoms with E-state index in [-0.39, 0.29) is 6.04 Å². The molecule has 1 unspecified atom stereocenters. The minimum absolute atomic E-state index is 0.0680. The Morgan fingerprint density at radius 1 is 1.47 bits per heavy atom. The summed E-state index contributed by atoms with van der Waals surface area (Å²) < 4.78 is 0. The Hall–Kier alpha value is -0.940. The van der Waals surface area contributed by atoms with Crippen molar-refractivity contribution in [3.8, 4) is 0 Å². The third-order valence-electron chi connectivity index (χ3n) is 3.85. The monoisotopic (exact) mass is 279 g/mol. The molecule has 1 aliphatic heterocycles. The van der Waals surface area contributed by atoms with Gasteiger partial charge >= 0.3 is 0 Å². The van der Waals surface area contributed by atoms with Gasteiger partial charge in [-0.3, -0.25) is 4.79 Å². The van der Waals surface area contributed by atoms with Gasteiger partial charge in [0.05, 0.1) is 16.7 Å². The third-order valence-corrected chi connectivity index (χ3v) is 4.67. The van der Waals surface area contributed by atoms with E-state index in [1.54, 1.807) is 11.3 Å². The molecule has 5 heteroatoms. The Balaban J connectivity index is 1.52. The van der Waals surface area contributed by atoms with Gasteiger partial charge in [0.1, 0.15) is 0 Å². The highest BCUT2D eigenvalue weighted by atomic mass is 32.1. The zero-order valence-corrected chi connectivity index (χ0v) is 12.2. The SMILES string of the molecule is Cc1nc(CCN2CCCC(NC3CC3)C2=O)cs1. The topological polar surface area (TPSA) is 45.2 Å². The molecule has 1 aromatic heterocycles. The van der Waals surface area contributed by atoms with Crippen molar-refractivity contribution in [3.63, 3.8) is 0 Å². The fourth-order valence-electron chi connectivity index (χ4n) is 2.62. The maximum Gasteiger partial charge on any atom is 0.239 e. The molecule has 1 N–H and O–H groups in total. The molecule has 104 valence electrons. The van der Waals surface area contributed by atoms with Gasteiger partial charge in [-0.05, 0) is 32.6 Å². The average molecular weight is 279 g/mol. The number of nitrogens with one attached hydrogen (secondary N) is 1. The molecule has 1 amide bonds. The number of hydrogen-bond donors (Lipinski definition) is 1. The lowest BCUT2D eigenvalue weighted by molar-refractivity contribution is -0.136. The fourth-order valence-corrected chi connectivity index (χ4v) is 3.27. The van der Waals surface area contributed by atoms with Crippen LogP contribution in [0.15, 0.2) is 5.38 Å². The number of aryl methyl sites for hydroxylation is 1. The number of rotatable bonds is 5. The minimum Gasteiger partial charge on any atom is -0.341 e. The predicted octanol–water partition coefficient (Wildman–Crippen LogP) is 1.74. The lowest BCUT2D eigenvalue weighted by atomic mass is 10.0. The summed E-state index contributed by atoms with van der Waals surface area (Å²) in [6.07, 6.45) is 5.48. The van der Waals surface area contributed by atoms with E-state index in [1.165, 1.54) is 12.8 Å². The van der Waals surface area contributed by atoms with E-state index in [2.05, 4.69) is 15.7 Å². The van der Waals surface area contributed by atoms with Crippen molar-refractivity contribution < 1.29 is 4.79 Å². The molecule has 1 aromatic rings. The summed E-state index contributed by atoms with van der Waals surface area (Å²) >= 11 is 1.68. The molecule has 2 aliphatic rings. The van der Waals surface area contributed by atoms with Crippen molar-refractivity contribution in [1.29, 1.82) is 0 Å². The van der Waals surface area contributed by atoms with Gasteiger partial charge in [0.2, 0.25) is 5.91 Å². The highest BCUT2D eigenvalue weighted by Crippen LogP contribution is 2.22. The number of thiazole rings is 1. The van der Waals surface area contributed by atoms with E-state index in [9.17, 15) is 4.79 Å². The Bertz CT molecular complexity index is 455. The van der Waals surface area contributed by atoms with Crippen molar-refractivity contribution in [2.75, 3.05) is 13.1 Å². The molecule has 1 atom stereocenters. The van der Waals surface area contributed by atoms with Gasteiger partial charge in [-0.25, -0.2) is 4.98 Å². The zero-order valence-electron chi connectivity index (χ0n) is 11.4. The zero-order chi connectivity index (χ0) is 13.2. The molecular weight excluding hydrogens is 258 g/mol. The first kappa shape index (κ1) is 13.1. The molecule has 0 bridgehead atoms. The summed E-state index contributed by atoms with van der Waals surface area (Å²) in [4.78, 5) is 18.8. The summed E-state index contributed by atoms with van der Waals surface area (Å²) in [6.45, 7) is 3.74. The largest absolute Gasteiger partial charge is 0.341 e. The van der Waals surface area contributed by atoms with E-state index in [0.717, 1.165) is 43.1 Å². The quantitative estimate of drug-likeness (QED) is 0.893. The molecule has 3 rings (SSSR count). The summed E-state index contributed by atoms with van der Waals surface area (Å²) in [5.41, 5.74) is 1.12. The van der Waals surface area contributed by atoms with Crippen molar-refractivity contribution in [3.05, 3.63) is 16.1 Å². The molecule has 0 radical (unpaired) electrons. The average Bonchev–Trinajstić information content (AvgIpc) is 3.12. The second-order valence-electron chi connectivity index (χ2n) is 5.57. The third kappa shape index (κ3) is 3.34. The van der Waals surface area contributed by atoms with E-state index in [4.69, 9.17) is 0 Å². The van der Waals surface area contributed by atoms with Crippen LogP contribution in [0.2, 0.25) is 0 Å². The van der Waals surface area contributed by atoms with Gasteiger partial charge in [-0.15, -0.1) is 11.3 Å². The Labute approximate surface area is 118 Å². The Kier molecular flexibility index (Phi) is 3.84. The molecule has 19 heavy (non-hydrogen) atoms. The van der Waals surface area contributed by atoms with Crippen LogP contribution in [-0.4, -0.2) is 41.0 Å². The van der Waals surface area contributed by atoms with Crippen LogP contribution in [0.1, 0.15) is 36.4 Å². The summed E-state index contributed by atoms with van der Waals surface area (Å²) in [7, 11) is 0. The normalized spacial score (nSPS) is 23.9. The van der Waals surface area contributed by atoms with Crippen LogP contribution in [0.4, 0.5) is 0 Å². The molecule has 1 aliphatic carbocycles. The summed E-state index contributed by atoms with van der Waals surface area (Å²) in [6, 6.07) is 0.675. The number of nitrogens with zero attached hydrogens (tertiary/aromatic N) is 2. The van der Waals surface area contributed by atoms with Crippen LogP contribution in [0.5, 0.6) is 0 Å². The van der Waals surface area contributed by atoms with Crippen molar-refractivity contribution in [2.45, 2.75) is 51.1 Å². The van der Waals surface area contributed by atoms with Crippen LogP contribution >= 0.6 is 11.3 Å². The van der Waals surface area contributed by atoms with E-state index < -0.39 is 0 Å². The van der Waals surface area contributed by atoms with Crippen LogP contribution < -0.4 is 5.32 Å². The summed E-state index contributed by atoms with van der Waals surface area (Å²) in [5.74, 6) is 0.296. The molecule has 0 aromatic carbocycles. The number of hydrogen-bond acceptors (Lipinski definition) is 4. The number of aromatic nitrogens is 1. The van der Waals surface area contributed by atoms with Gasteiger partial charge in [-0.2, -0.15) is 0 Å². The molecule has 2 heterocycles. The van der Waals surface area contributed by atoms with Crippen LogP contribution in [0.3, 0.4) is 0 Å². The van der Waals surface area contributed by atoms with E-state index in [0.29, 0.717) is 11.9 Å². The second-order valence-corrected chi connectivity index (χ2v) is 6.63. The van der Waals surface area contributed by atoms with Gasteiger partial charge < -0.3 is 10.2 Å². The smallest absolute Gasteiger partial charge is 0.239 e. The number of carbonyl (C=O) groups is 1. The molecule has 1 saturated carbocycles. The Morgan fingerprint density at radius 3 is 3.00 bits per heavy atom. The molecule has 0 spiro atoms. The first-order chi connectivity index (χ1) is 9.22. The van der Waals surface area contributed by atoms with Crippen molar-refractivity contribution in [1.82, 2.24) is 15.2 Å². The fraction of sp³-hybridized carbons (Fsp3) is 0.714. The number of piperidine rings is 1. The molecule has 2 fully saturated rings. The Morgan fingerprint density at radius 2 is 2.32 bits per heavy atom. The second kappa shape index (κ2) is 5.59. The number of carbonyl (C=O) groups excluding carboxylic acids is 1. The lowest BCUT2D eigenvalue weighted by Crippen LogP contribution is -2.51. The maximum atomic E-state index is 12.4. The van der Waals surface area contributed by atoms with Gasteiger partial charge in [0.15, 0.2) is 0 Å². The standard InChI is InChI=1S/C14H21N3OS/c1-10-15-12(9-19-10)6-8-17-7-2-3-13(14(17)18)16-11-4-5-11/h9,11,13,16H,2-8H2,1H3. The van der Waals surface area contributed by atoms with Crippen LogP contribution in [0, 0.1) is 6.92 Å². The number of amides is 1.